The molecule has 1 aromatic rings. The Balaban J connectivity index is 2.74. The number of pyridine rings is 1. The number of alkyl halides is 1. The van der Waals surface area contributed by atoms with Gasteiger partial charge in [-0.05, 0) is 18.6 Å². The lowest BCUT2D eigenvalue weighted by molar-refractivity contribution is 0.391. The van der Waals surface area contributed by atoms with E-state index in [-0.39, 0.29) is 11.6 Å². The molecular weight excluding hydrogens is 252 g/mol. The summed E-state index contributed by atoms with van der Waals surface area (Å²) in [5, 5.41) is 0. The minimum atomic E-state index is -0.704. The molecule has 4 nitrogen and oxygen atoms in total. The van der Waals surface area contributed by atoms with E-state index >= 15 is 0 Å². The number of hydrazine groups is 1. The van der Waals surface area contributed by atoms with Crippen LogP contribution in [0.2, 0.25) is 0 Å². The molecule has 0 spiro atoms. The first kappa shape index (κ1) is 14.8. The summed E-state index contributed by atoms with van der Waals surface area (Å²) in [6.07, 6.45) is 4.92. The fraction of sp³-hybridized carbons (Fsp3) is 0.154. The Morgan fingerprint density at radius 1 is 1.63 bits per heavy atom. The average Bonchev–Trinajstić information content (AvgIpc) is 2.39. The predicted octanol–water partition coefficient (Wildman–Crippen LogP) is 2.95. The van der Waals surface area contributed by atoms with E-state index in [4.69, 9.17) is 10.6 Å². The van der Waals surface area contributed by atoms with Crippen LogP contribution in [0.1, 0.15) is 5.56 Å². The number of nitrogens with zero attached hydrogens (tertiary/aromatic N) is 1. The van der Waals surface area contributed by atoms with Gasteiger partial charge in [0, 0.05) is 6.07 Å². The third-order valence-corrected chi connectivity index (χ3v) is 2.20. The predicted molar refractivity (Wildman–Crippen MR) is 70.9 cm³/mol. The second kappa shape index (κ2) is 7.27. The van der Waals surface area contributed by atoms with Crippen molar-refractivity contribution >= 4 is 5.69 Å². The maximum Gasteiger partial charge on any atom is 0.219 e. The molecule has 6 heteroatoms. The molecule has 0 aliphatic carbocycles. The third kappa shape index (κ3) is 4.51. The van der Waals surface area contributed by atoms with E-state index in [0.717, 1.165) is 17.7 Å². The summed E-state index contributed by atoms with van der Waals surface area (Å²) in [5.74, 6) is 4.55. The van der Waals surface area contributed by atoms with Crippen molar-refractivity contribution < 1.29 is 13.5 Å². The van der Waals surface area contributed by atoms with Gasteiger partial charge in [-0.15, -0.1) is 0 Å². The first-order chi connectivity index (χ1) is 9.08. The molecule has 19 heavy (non-hydrogen) atoms. The number of nitrogens with one attached hydrogen (secondary N) is 1. The SMILES string of the molecule is C=C(Oc1cc(C)c(NN)cn1)/C(F)=C\C=C/CF. The molecule has 0 aliphatic heterocycles. The fourth-order valence-corrected chi connectivity index (χ4v) is 1.21. The number of aromatic nitrogens is 1. The molecular formula is C13H15F2N3O. The van der Waals surface area contributed by atoms with Gasteiger partial charge >= 0.3 is 0 Å². The van der Waals surface area contributed by atoms with Gasteiger partial charge in [0.25, 0.3) is 0 Å². The molecule has 3 N–H and O–H groups in total. The molecule has 1 rings (SSSR count). The molecule has 0 saturated carbocycles. The summed E-state index contributed by atoms with van der Waals surface area (Å²) >= 11 is 0. The average molecular weight is 267 g/mol. The van der Waals surface area contributed by atoms with Gasteiger partial charge in [-0.1, -0.05) is 18.7 Å². The normalized spacial score (nSPS) is 11.7. The number of rotatable bonds is 6. The van der Waals surface area contributed by atoms with Crippen LogP contribution in [-0.4, -0.2) is 11.7 Å². The van der Waals surface area contributed by atoms with Crippen LogP contribution in [0.4, 0.5) is 14.5 Å². The minimum absolute atomic E-state index is 0.194. The highest BCUT2D eigenvalue weighted by Gasteiger charge is 2.06. The zero-order chi connectivity index (χ0) is 14.3. The number of halogens is 2. The van der Waals surface area contributed by atoms with Gasteiger partial charge in [0.2, 0.25) is 5.88 Å². The number of anilines is 1. The van der Waals surface area contributed by atoms with Crippen molar-refractivity contribution in [2.24, 2.45) is 5.84 Å². The van der Waals surface area contributed by atoms with Crippen LogP contribution in [-0.2, 0) is 0 Å². The largest absolute Gasteiger partial charge is 0.437 e. The highest BCUT2D eigenvalue weighted by molar-refractivity contribution is 5.49. The number of hydrogen-bond donors (Lipinski definition) is 2. The Morgan fingerprint density at radius 2 is 2.37 bits per heavy atom. The number of aryl methyl sites for hydroxylation is 1. The second-order valence-corrected chi connectivity index (χ2v) is 3.60. The van der Waals surface area contributed by atoms with Crippen LogP contribution in [0, 0.1) is 6.92 Å². The van der Waals surface area contributed by atoms with Crippen LogP contribution >= 0.6 is 0 Å². The van der Waals surface area contributed by atoms with Crippen LogP contribution in [0.3, 0.4) is 0 Å². The number of nitrogens with two attached hydrogens (primary N) is 1. The summed E-state index contributed by atoms with van der Waals surface area (Å²) in [4.78, 5) is 3.93. The first-order valence-electron chi connectivity index (χ1n) is 5.47. The minimum Gasteiger partial charge on any atom is -0.437 e. The molecule has 1 heterocycles. The monoisotopic (exact) mass is 267 g/mol. The Hall–Kier alpha value is -2.21. The van der Waals surface area contributed by atoms with Crippen LogP contribution in [0.5, 0.6) is 5.88 Å². The molecule has 0 saturated heterocycles. The summed E-state index contributed by atoms with van der Waals surface area (Å²) in [6, 6.07) is 1.59. The van der Waals surface area contributed by atoms with Crippen molar-refractivity contribution in [3.63, 3.8) is 0 Å². The molecule has 0 unspecified atom stereocenters. The number of allylic oxidation sites excluding steroid dienone is 4. The van der Waals surface area contributed by atoms with E-state index in [1.807, 2.05) is 0 Å². The van der Waals surface area contributed by atoms with E-state index in [1.165, 1.54) is 12.3 Å². The Kier molecular flexibility index (Phi) is 5.69. The molecule has 0 amide bonds. The van der Waals surface area contributed by atoms with Crippen molar-refractivity contribution in [1.29, 1.82) is 0 Å². The molecule has 0 fully saturated rings. The van der Waals surface area contributed by atoms with E-state index in [1.54, 1.807) is 13.0 Å². The van der Waals surface area contributed by atoms with E-state index in [0.29, 0.717) is 5.69 Å². The summed E-state index contributed by atoms with van der Waals surface area (Å²) < 4.78 is 30.4. The summed E-state index contributed by atoms with van der Waals surface area (Å²) in [6.45, 7) is 4.56. The smallest absolute Gasteiger partial charge is 0.219 e. The van der Waals surface area contributed by atoms with Crippen molar-refractivity contribution in [1.82, 2.24) is 4.98 Å². The maximum absolute atomic E-state index is 13.5. The molecule has 0 radical (unpaired) electrons. The van der Waals surface area contributed by atoms with Gasteiger partial charge in [0.05, 0.1) is 11.9 Å². The van der Waals surface area contributed by atoms with E-state index < -0.39 is 12.5 Å². The van der Waals surface area contributed by atoms with Crippen LogP contribution in [0.25, 0.3) is 0 Å². The van der Waals surface area contributed by atoms with Crippen molar-refractivity contribution in [3.8, 4) is 5.88 Å². The molecule has 0 aliphatic rings. The van der Waals surface area contributed by atoms with Crippen molar-refractivity contribution in [3.05, 3.63) is 54.2 Å². The van der Waals surface area contributed by atoms with E-state index in [2.05, 4.69) is 17.0 Å². The third-order valence-electron chi connectivity index (χ3n) is 2.20. The number of hydrogen-bond acceptors (Lipinski definition) is 4. The Labute approximate surface area is 110 Å². The van der Waals surface area contributed by atoms with Gasteiger partial charge < -0.3 is 10.2 Å². The van der Waals surface area contributed by atoms with Crippen LogP contribution < -0.4 is 16.0 Å². The molecule has 0 aromatic carbocycles. The zero-order valence-electron chi connectivity index (χ0n) is 10.5. The summed E-state index contributed by atoms with van der Waals surface area (Å²) in [5.41, 5.74) is 3.89. The maximum atomic E-state index is 13.5. The van der Waals surface area contributed by atoms with Crippen LogP contribution in [0.15, 0.2) is 48.7 Å². The van der Waals surface area contributed by atoms with Gasteiger partial charge in [-0.25, -0.2) is 13.8 Å². The van der Waals surface area contributed by atoms with Gasteiger partial charge in [-0.3, -0.25) is 5.84 Å². The Morgan fingerprint density at radius 3 is 2.95 bits per heavy atom. The fourth-order valence-electron chi connectivity index (χ4n) is 1.21. The number of nitrogen functional groups attached to an aromatic ring is 1. The van der Waals surface area contributed by atoms with Gasteiger partial charge in [0.1, 0.15) is 6.67 Å². The lowest BCUT2D eigenvalue weighted by Gasteiger charge is -2.08. The highest BCUT2D eigenvalue weighted by Crippen LogP contribution is 2.20. The molecule has 102 valence electrons. The zero-order valence-corrected chi connectivity index (χ0v) is 10.5. The standard InChI is InChI=1S/C13H15F2N3O/c1-9-7-13(17-8-12(9)18-16)19-10(2)11(15)5-3-4-6-14/h3-5,7-8,18H,2,6,16H2,1H3/b4-3-,11-5+. The summed E-state index contributed by atoms with van der Waals surface area (Å²) in [7, 11) is 0. The van der Waals surface area contributed by atoms with Crippen molar-refractivity contribution in [2.45, 2.75) is 6.92 Å². The second-order valence-electron chi connectivity index (χ2n) is 3.60. The quantitative estimate of drug-likeness (QED) is 0.360. The lowest BCUT2D eigenvalue weighted by Crippen LogP contribution is -2.08. The van der Waals surface area contributed by atoms with Gasteiger partial charge in [0.15, 0.2) is 11.6 Å². The molecule has 1 aromatic heterocycles. The van der Waals surface area contributed by atoms with Crippen molar-refractivity contribution in [2.75, 3.05) is 12.1 Å². The van der Waals surface area contributed by atoms with Gasteiger partial charge in [-0.2, -0.15) is 0 Å². The lowest BCUT2D eigenvalue weighted by atomic mass is 10.2. The van der Waals surface area contributed by atoms with E-state index in [9.17, 15) is 8.78 Å². The molecule has 0 bridgehead atoms. The topological polar surface area (TPSA) is 60.2 Å². The first-order valence-corrected chi connectivity index (χ1v) is 5.47. The Bertz CT molecular complexity index is 513. The highest BCUT2D eigenvalue weighted by atomic mass is 19.1. The number of ether oxygens (including phenoxy) is 1. The molecule has 0 atom stereocenters.